The van der Waals surface area contributed by atoms with Gasteiger partial charge in [0.1, 0.15) is 0 Å². The molecular weight excluding hydrogens is 226 g/mol. The molecule has 0 aliphatic carbocycles. The van der Waals surface area contributed by atoms with Crippen LogP contribution in [-0.2, 0) is 12.8 Å². The second kappa shape index (κ2) is 5.12. The SMILES string of the molecule is CCc1nc2ccc(C(=O)NC)cc2nc1CC. The lowest BCUT2D eigenvalue weighted by Gasteiger charge is -2.07. The van der Waals surface area contributed by atoms with E-state index in [1.165, 1.54) is 0 Å². The largest absolute Gasteiger partial charge is 0.355 e. The average molecular weight is 243 g/mol. The van der Waals surface area contributed by atoms with Crippen LogP contribution in [0.3, 0.4) is 0 Å². The van der Waals surface area contributed by atoms with E-state index < -0.39 is 0 Å². The maximum absolute atomic E-state index is 11.6. The Morgan fingerprint density at radius 1 is 1.11 bits per heavy atom. The summed E-state index contributed by atoms with van der Waals surface area (Å²) in [5.41, 5.74) is 4.30. The molecule has 1 aromatic heterocycles. The summed E-state index contributed by atoms with van der Waals surface area (Å²) in [4.78, 5) is 20.8. The van der Waals surface area contributed by atoms with Crippen LogP contribution in [0.4, 0.5) is 0 Å². The van der Waals surface area contributed by atoms with Crippen molar-refractivity contribution in [2.45, 2.75) is 26.7 Å². The quantitative estimate of drug-likeness (QED) is 0.898. The van der Waals surface area contributed by atoms with Gasteiger partial charge in [0.15, 0.2) is 0 Å². The molecule has 4 heteroatoms. The van der Waals surface area contributed by atoms with E-state index in [4.69, 9.17) is 0 Å². The Balaban J connectivity index is 2.59. The Morgan fingerprint density at radius 2 is 1.72 bits per heavy atom. The standard InChI is InChI=1S/C14H17N3O/c1-4-10-11(5-2)17-13-8-9(14(18)15-3)6-7-12(13)16-10/h6-8H,4-5H2,1-3H3,(H,15,18). The third-order valence-electron chi connectivity index (χ3n) is 2.98. The van der Waals surface area contributed by atoms with Crippen molar-refractivity contribution in [2.24, 2.45) is 0 Å². The minimum atomic E-state index is -0.101. The van der Waals surface area contributed by atoms with Crippen molar-refractivity contribution in [2.75, 3.05) is 7.05 Å². The lowest BCUT2D eigenvalue weighted by molar-refractivity contribution is 0.0963. The van der Waals surface area contributed by atoms with Crippen LogP contribution in [-0.4, -0.2) is 22.9 Å². The van der Waals surface area contributed by atoms with E-state index in [2.05, 4.69) is 29.1 Å². The zero-order chi connectivity index (χ0) is 13.1. The van der Waals surface area contributed by atoms with Crippen molar-refractivity contribution in [3.63, 3.8) is 0 Å². The minimum Gasteiger partial charge on any atom is -0.355 e. The van der Waals surface area contributed by atoms with Crippen LogP contribution in [0.25, 0.3) is 11.0 Å². The van der Waals surface area contributed by atoms with Crippen molar-refractivity contribution >= 4 is 16.9 Å². The number of hydrogen-bond donors (Lipinski definition) is 1. The fourth-order valence-corrected chi connectivity index (χ4v) is 1.98. The number of carbonyl (C=O) groups is 1. The highest BCUT2D eigenvalue weighted by Crippen LogP contribution is 2.16. The zero-order valence-electron chi connectivity index (χ0n) is 10.9. The van der Waals surface area contributed by atoms with Gasteiger partial charge >= 0.3 is 0 Å². The molecule has 0 bridgehead atoms. The number of rotatable bonds is 3. The predicted molar refractivity (Wildman–Crippen MR) is 71.7 cm³/mol. The van der Waals surface area contributed by atoms with Crippen LogP contribution < -0.4 is 5.32 Å². The molecule has 0 aliphatic heterocycles. The molecule has 0 fully saturated rings. The molecule has 2 aromatic rings. The predicted octanol–water partition coefficient (Wildman–Crippen LogP) is 2.11. The van der Waals surface area contributed by atoms with Crippen LogP contribution in [0.15, 0.2) is 18.2 Å². The number of hydrogen-bond acceptors (Lipinski definition) is 3. The fourth-order valence-electron chi connectivity index (χ4n) is 1.98. The molecule has 1 heterocycles. The molecule has 0 atom stereocenters. The molecule has 0 saturated heterocycles. The summed E-state index contributed by atoms with van der Waals surface area (Å²) in [6.07, 6.45) is 1.74. The van der Waals surface area contributed by atoms with Gasteiger partial charge in [-0.05, 0) is 31.0 Å². The van der Waals surface area contributed by atoms with E-state index in [-0.39, 0.29) is 5.91 Å². The first kappa shape index (κ1) is 12.5. The average Bonchev–Trinajstić information content (AvgIpc) is 2.44. The summed E-state index contributed by atoms with van der Waals surface area (Å²) >= 11 is 0. The van der Waals surface area contributed by atoms with E-state index in [0.717, 1.165) is 35.3 Å². The van der Waals surface area contributed by atoms with Crippen LogP contribution in [0.2, 0.25) is 0 Å². The fraction of sp³-hybridized carbons (Fsp3) is 0.357. The molecule has 2 rings (SSSR count). The summed E-state index contributed by atoms with van der Waals surface area (Å²) in [6.45, 7) is 4.14. The van der Waals surface area contributed by atoms with Crippen LogP contribution in [0.1, 0.15) is 35.6 Å². The van der Waals surface area contributed by atoms with Gasteiger partial charge in [-0.3, -0.25) is 4.79 Å². The maximum atomic E-state index is 11.6. The molecule has 0 spiro atoms. The van der Waals surface area contributed by atoms with E-state index in [0.29, 0.717) is 5.56 Å². The van der Waals surface area contributed by atoms with Crippen LogP contribution in [0, 0.1) is 0 Å². The molecule has 4 nitrogen and oxygen atoms in total. The van der Waals surface area contributed by atoms with Gasteiger partial charge in [0.25, 0.3) is 5.91 Å². The second-order valence-corrected chi connectivity index (χ2v) is 4.11. The zero-order valence-corrected chi connectivity index (χ0v) is 10.9. The summed E-state index contributed by atoms with van der Waals surface area (Å²) in [5, 5.41) is 2.61. The number of nitrogens with zero attached hydrogens (tertiary/aromatic N) is 2. The number of carbonyl (C=O) groups excluding carboxylic acids is 1. The number of benzene rings is 1. The Morgan fingerprint density at radius 3 is 2.28 bits per heavy atom. The van der Waals surface area contributed by atoms with E-state index >= 15 is 0 Å². The summed E-state index contributed by atoms with van der Waals surface area (Å²) in [6, 6.07) is 5.42. The van der Waals surface area contributed by atoms with Crippen LogP contribution in [0.5, 0.6) is 0 Å². The summed E-state index contributed by atoms with van der Waals surface area (Å²) in [7, 11) is 1.62. The maximum Gasteiger partial charge on any atom is 0.251 e. The summed E-state index contributed by atoms with van der Waals surface area (Å²) < 4.78 is 0. The Bertz CT molecular complexity index is 593. The number of amides is 1. The highest BCUT2D eigenvalue weighted by atomic mass is 16.1. The Hall–Kier alpha value is -1.97. The molecule has 18 heavy (non-hydrogen) atoms. The Kier molecular flexibility index (Phi) is 3.55. The molecule has 0 saturated carbocycles. The van der Waals surface area contributed by atoms with Gasteiger partial charge in [-0.1, -0.05) is 13.8 Å². The van der Waals surface area contributed by atoms with Gasteiger partial charge in [-0.2, -0.15) is 0 Å². The van der Waals surface area contributed by atoms with Gasteiger partial charge in [0.05, 0.1) is 22.4 Å². The van der Waals surface area contributed by atoms with Gasteiger partial charge in [-0.15, -0.1) is 0 Å². The smallest absolute Gasteiger partial charge is 0.251 e. The number of aromatic nitrogens is 2. The van der Waals surface area contributed by atoms with E-state index in [1.807, 2.05) is 6.07 Å². The van der Waals surface area contributed by atoms with Gasteiger partial charge in [0, 0.05) is 12.6 Å². The third-order valence-corrected chi connectivity index (χ3v) is 2.98. The first-order valence-electron chi connectivity index (χ1n) is 6.21. The molecular formula is C14H17N3O. The lowest BCUT2D eigenvalue weighted by atomic mass is 10.1. The van der Waals surface area contributed by atoms with Gasteiger partial charge in [-0.25, -0.2) is 9.97 Å². The number of aryl methyl sites for hydroxylation is 2. The highest BCUT2D eigenvalue weighted by molar-refractivity contribution is 5.97. The van der Waals surface area contributed by atoms with Gasteiger partial charge in [0.2, 0.25) is 0 Å². The van der Waals surface area contributed by atoms with E-state index in [9.17, 15) is 4.79 Å². The first-order chi connectivity index (χ1) is 8.69. The molecule has 1 aromatic carbocycles. The molecule has 94 valence electrons. The van der Waals surface area contributed by atoms with Gasteiger partial charge < -0.3 is 5.32 Å². The first-order valence-corrected chi connectivity index (χ1v) is 6.21. The number of fused-ring (bicyclic) bond motifs is 1. The van der Waals surface area contributed by atoms with Crippen molar-refractivity contribution in [3.8, 4) is 0 Å². The van der Waals surface area contributed by atoms with Crippen molar-refractivity contribution < 1.29 is 4.79 Å². The molecule has 0 unspecified atom stereocenters. The Labute approximate surface area is 106 Å². The van der Waals surface area contributed by atoms with E-state index in [1.54, 1.807) is 19.2 Å². The summed E-state index contributed by atoms with van der Waals surface area (Å²) in [5.74, 6) is -0.101. The molecule has 1 N–H and O–H groups in total. The monoisotopic (exact) mass is 243 g/mol. The van der Waals surface area contributed by atoms with Crippen molar-refractivity contribution in [3.05, 3.63) is 35.2 Å². The number of nitrogens with one attached hydrogen (secondary N) is 1. The van der Waals surface area contributed by atoms with Crippen LogP contribution >= 0.6 is 0 Å². The minimum absolute atomic E-state index is 0.101. The normalized spacial score (nSPS) is 10.6. The molecule has 0 radical (unpaired) electrons. The molecule has 1 amide bonds. The third kappa shape index (κ3) is 2.18. The lowest BCUT2D eigenvalue weighted by Crippen LogP contribution is -2.17. The highest BCUT2D eigenvalue weighted by Gasteiger charge is 2.09. The molecule has 0 aliphatic rings. The van der Waals surface area contributed by atoms with Crippen molar-refractivity contribution in [1.29, 1.82) is 0 Å². The topological polar surface area (TPSA) is 54.9 Å². The second-order valence-electron chi connectivity index (χ2n) is 4.11. The van der Waals surface area contributed by atoms with Crippen molar-refractivity contribution in [1.82, 2.24) is 15.3 Å².